The molecule has 0 bridgehead atoms. The number of aromatic nitrogens is 4. The topological polar surface area (TPSA) is 83.6 Å². The van der Waals surface area contributed by atoms with Gasteiger partial charge in [-0.3, -0.25) is 10.1 Å². The van der Waals surface area contributed by atoms with Gasteiger partial charge in [-0.05, 0) is 18.6 Å². The molecular formula is C6H7Br2N5O. The molecule has 76 valence electrons. The first-order valence-electron chi connectivity index (χ1n) is 3.88. The number of tetrazole rings is 1. The molecule has 1 atom stereocenters. The number of nitrogens with one attached hydrogen (secondary N) is 2. The van der Waals surface area contributed by atoms with Crippen molar-refractivity contribution >= 4 is 43.7 Å². The largest absolute Gasteiger partial charge is 0.291 e. The minimum Gasteiger partial charge on any atom is -0.291 e. The Labute approximate surface area is 96.5 Å². The lowest BCUT2D eigenvalue weighted by Crippen LogP contribution is -2.26. The number of halogens is 2. The number of carbonyl (C=O) groups is 1. The number of H-pyrrole nitrogens is 1. The smallest absolute Gasteiger partial charge is 0.269 e. The van der Waals surface area contributed by atoms with Gasteiger partial charge in [-0.15, -0.1) is 5.10 Å². The average molecular weight is 325 g/mol. The van der Waals surface area contributed by atoms with Gasteiger partial charge in [-0.2, -0.15) is 5.21 Å². The summed E-state index contributed by atoms with van der Waals surface area (Å²) in [7, 11) is 0. The molecule has 8 heteroatoms. The zero-order valence-electron chi connectivity index (χ0n) is 7.21. The lowest BCUT2D eigenvalue weighted by atomic mass is 10.1. The molecule has 1 aliphatic rings. The van der Waals surface area contributed by atoms with Crippen molar-refractivity contribution in [1.29, 1.82) is 0 Å². The maximum absolute atomic E-state index is 11.7. The average Bonchev–Trinajstić information content (AvgIpc) is 2.54. The van der Waals surface area contributed by atoms with Gasteiger partial charge in [0.2, 0.25) is 5.91 Å². The number of carbonyl (C=O) groups excluding carboxylic acids is 1. The normalized spacial score (nSPS) is 28.5. The van der Waals surface area contributed by atoms with Gasteiger partial charge in [0.25, 0.3) is 5.95 Å². The second-order valence-electron chi connectivity index (χ2n) is 3.40. The molecule has 0 saturated heterocycles. The summed E-state index contributed by atoms with van der Waals surface area (Å²) in [6, 6.07) is 0. The van der Waals surface area contributed by atoms with E-state index in [9.17, 15) is 4.79 Å². The lowest BCUT2D eigenvalue weighted by Gasteiger charge is -2.09. The van der Waals surface area contributed by atoms with E-state index in [2.05, 4.69) is 57.8 Å². The summed E-state index contributed by atoms with van der Waals surface area (Å²) < 4.78 is -0.305. The molecule has 1 unspecified atom stereocenters. The number of alkyl halides is 2. The molecule has 2 rings (SSSR count). The Balaban J connectivity index is 2.05. The maximum atomic E-state index is 11.7. The molecule has 1 saturated carbocycles. The van der Waals surface area contributed by atoms with Gasteiger partial charge in [-0.25, -0.2) is 0 Å². The molecule has 0 spiro atoms. The summed E-state index contributed by atoms with van der Waals surface area (Å²) in [5, 5.41) is 15.4. The zero-order chi connectivity index (χ0) is 10.4. The van der Waals surface area contributed by atoms with Crippen molar-refractivity contribution in [3.8, 4) is 0 Å². The van der Waals surface area contributed by atoms with Gasteiger partial charge in [0.15, 0.2) is 0 Å². The Hall–Kier alpha value is -0.500. The Kier molecular flexibility index (Phi) is 2.15. The molecule has 1 aromatic heterocycles. The predicted molar refractivity (Wildman–Crippen MR) is 56.1 cm³/mol. The van der Waals surface area contributed by atoms with E-state index in [-0.39, 0.29) is 15.1 Å². The van der Waals surface area contributed by atoms with Crippen LogP contribution in [0.1, 0.15) is 13.3 Å². The first-order valence-corrected chi connectivity index (χ1v) is 5.47. The Bertz CT molecular complexity index is 364. The zero-order valence-corrected chi connectivity index (χ0v) is 10.4. The molecule has 0 radical (unpaired) electrons. The van der Waals surface area contributed by atoms with Crippen LogP contribution >= 0.6 is 31.9 Å². The second kappa shape index (κ2) is 2.99. The highest BCUT2D eigenvalue weighted by Gasteiger charge is 2.66. The van der Waals surface area contributed by atoms with E-state index in [4.69, 9.17) is 0 Å². The molecule has 1 aromatic rings. The van der Waals surface area contributed by atoms with Crippen LogP contribution in [0.4, 0.5) is 5.95 Å². The van der Waals surface area contributed by atoms with Crippen molar-refractivity contribution in [3.05, 3.63) is 0 Å². The fourth-order valence-electron chi connectivity index (χ4n) is 1.10. The first kappa shape index (κ1) is 10.0. The van der Waals surface area contributed by atoms with Crippen molar-refractivity contribution in [3.63, 3.8) is 0 Å². The Morgan fingerprint density at radius 2 is 2.29 bits per heavy atom. The number of rotatable bonds is 2. The van der Waals surface area contributed by atoms with Gasteiger partial charge in [0, 0.05) is 0 Å². The maximum Gasteiger partial charge on any atom is 0.269 e. The summed E-state index contributed by atoms with van der Waals surface area (Å²) in [4.78, 5) is 11.7. The van der Waals surface area contributed by atoms with E-state index in [0.717, 1.165) is 6.42 Å². The van der Waals surface area contributed by atoms with Crippen LogP contribution in [-0.2, 0) is 4.79 Å². The molecule has 1 amide bonds. The highest BCUT2D eigenvalue weighted by molar-refractivity contribution is 9.25. The van der Waals surface area contributed by atoms with Gasteiger partial charge >= 0.3 is 0 Å². The van der Waals surface area contributed by atoms with Crippen LogP contribution in [-0.4, -0.2) is 29.8 Å². The summed E-state index contributed by atoms with van der Waals surface area (Å²) in [6.45, 7) is 1.85. The van der Waals surface area contributed by atoms with E-state index in [1.54, 1.807) is 0 Å². The standard InChI is InChI=1S/C6H7Br2N5O/c1-5(2-6(5,7)8)3(14)9-4-10-12-13-11-4/h2H2,1H3,(H2,9,10,11,12,13,14). The SMILES string of the molecule is CC1(C(=O)Nc2nn[nH]n2)CC1(Br)Br. The molecule has 14 heavy (non-hydrogen) atoms. The van der Waals surface area contributed by atoms with Crippen molar-refractivity contribution in [1.82, 2.24) is 20.6 Å². The minimum absolute atomic E-state index is 0.132. The quantitative estimate of drug-likeness (QED) is 0.796. The predicted octanol–water partition coefficient (Wildman–Crippen LogP) is 1.03. The van der Waals surface area contributed by atoms with E-state index in [1.807, 2.05) is 6.92 Å². The molecule has 6 nitrogen and oxygen atoms in total. The third kappa shape index (κ3) is 1.46. The highest BCUT2D eigenvalue weighted by atomic mass is 79.9. The molecular weight excluding hydrogens is 318 g/mol. The van der Waals surface area contributed by atoms with Crippen LogP contribution in [0.2, 0.25) is 0 Å². The third-order valence-electron chi connectivity index (χ3n) is 2.33. The molecule has 0 aromatic carbocycles. The van der Waals surface area contributed by atoms with Crippen LogP contribution < -0.4 is 5.32 Å². The molecule has 1 fully saturated rings. The number of hydrogen-bond donors (Lipinski definition) is 2. The van der Waals surface area contributed by atoms with Gasteiger partial charge < -0.3 is 0 Å². The monoisotopic (exact) mass is 323 g/mol. The lowest BCUT2D eigenvalue weighted by molar-refractivity contribution is -0.120. The molecule has 1 aliphatic carbocycles. The van der Waals surface area contributed by atoms with Crippen molar-refractivity contribution in [2.24, 2.45) is 5.41 Å². The third-order valence-corrected chi connectivity index (χ3v) is 4.64. The summed E-state index contributed by atoms with van der Waals surface area (Å²) in [5.74, 6) is 0.0616. The van der Waals surface area contributed by atoms with Gasteiger partial charge in [0.05, 0.1) is 8.65 Å². The van der Waals surface area contributed by atoms with Gasteiger partial charge in [0.1, 0.15) is 0 Å². The van der Waals surface area contributed by atoms with Crippen LogP contribution in [0.5, 0.6) is 0 Å². The fourth-order valence-corrected chi connectivity index (χ4v) is 2.58. The minimum atomic E-state index is -0.465. The van der Waals surface area contributed by atoms with Crippen molar-refractivity contribution < 1.29 is 4.79 Å². The number of nitrogens with zero attached hydrogens (tertiary/aromatic N) is 3. The van der Waals surface area contributed by atoms with Crippen LogP contribution in [0.15, 0.2) is 0 Å². The van der Waals surface area contributed by atoms with Crippen LogP contribution in [0.3, 0.4) is 0 Å². The number of anilines is 1. The van der Waals surface area contributed by atoms with Gasteiger partial charge in [-0.1, -0.05) is 37.0 Å². The number of hydrogen-bond acceptors (Lipinski definition) is 4. The molecule has 1 heterocycles. The van der Waals surface area contributed by atoms with E-state index >= 15 is 0 Å². The van der Waals surface area contributed by atoms with Crippen LogP contribution in [0, 0.1) is 5.41 Å². The Morgan fingerprint density at radius 3 is 2.71 bits per heavy atom. The molecule has 2 N–H and O–H groups in total. The van der Waals surface area contributed by atoms with E-state index < -0.39 is 5.41 Å². The number of aromatic amines is 1. The fraction of sp³-hybridized carbons (Fsp3) is 0.667. The van der Waals surface area contributed by atoms with Crippen molar-refractivity contribution in [2.45, 2.75) is 16.6 Å². The van der Waals surface area contributed by atoms with Crippen molar-refractivity contribution in [2.75, 3.05) is 5.32 Å². The first-order chi connectivity index (χ1) is 6.46. The van der Waals surface area contributed by atoms with Crippen LogP contribution in [0.25, 0.3) is 0 Å². The summed E-state index contributed by atoms with van der Waals surface area (Å²) in [5.41, 5.74) is -0.465. The van der Waals surface area contributed by atoms with E-state index in [1.165, 1.54) is 0 Å². The second-order valence-corrected chi connectivity index (χ2v) is 7.17. The summed E-state index contributed by atoms with van der Waals surface area (Å²) >= 11 is 6.81. The summed E-state index contributed by atoms with van der Waals surface area (Å²) in [6.07, 6.45) is 0.726. The Morgan fingerprint density at radius 1 is 1.64 bits per heavy atom. The number of amides is 1. The molecule has 0 aliphatic heterocycles. The van der Waals surface area contributed by atoms with E-state index in [0.29, 0.717) is 0 Å². The highest BCUT2D eigenvalue weighted by Crippen LogP contribution is 2.66.